The summed E-state index contributed by atoms with van der Waals surface area (Å²) in [4.78, 5) is 13.4. The molecule has 0 saturated carbocycles. The Bertz CT molecular complexity index is 819. The highest BCUT2D eigenvalue weighted by Crippen LogP contribution is 2.31. The highest BCUT2D eigenvalue weighted by Gasteiger charge is 2.29. The molecule has 1 aromatic carbocycles. The molecule has 0 spiro atoms. The van der Waals surface area contributed by atoms with Crippen molar-refractivity contribution in [1.29, 1.82) is 0 Å². The van der Waals surface area contributed by atoms with Crippen LogP contribution in [0, 0.1) is 0 Å². The van der Waals surface area contributed by atoms with Crippen LogP contribution in [0.15, 0.2) is 45.6 Å². The third kappa shape index (κ3) is 2.85. The van der Waals surface area contributed by atoms with E-state index >= 15 is 0 Å². The molecule has 4 nitrogen and oxygen atoms in total. The van der Waals surface area contributed by atoms with Gasteiger partial charge < -0.3 is 9.42 Å². The molecular formula is C16H20N2O2. The zero-order chi connectivity index (χ0) is 18.3. The zero-order valence-electron chi connectivity index (χ0n) is 16.3. The molecule has 0 unspecified atom stereocenters. The number of piperidine rings is 1. The number of likely N-dealkylation sites (tertiary alicyclic amines) is 1. The largest absolute Gasteiger partial charge is 0.383 e. The predicted octanol–water partition coefficient (Wildman–Crippen LogP) is 2.39. The molecule has 2 heterocycles. The molecule has 3 rings (SSSR count). The Balaban J connectivity index is 1.88. The van der Waals surface area contributed by atoms with Gasteiger partial charge in [-0.25, -0.2) is 0 Å². The number of benzene rings is 1. The molecule has 0 amide bonds. The fourth-order valence-electron chi connectivity index (χ4n) is 2.78. The van der Waals surface area contributed by atoms with Crippen LogP contribution in [-0.4, -0.2) is 29.7 Å². The number of nitrogens with one attached hydrogen (secondary N) is 1. The number of hydrogen-bond donors (Lipinski definition) is 1. The molecular weight excluding hydrogens is 252 g/mol. The van der Waals surface area contributed by atoms with Gasteiger partial charge in [-0.3, -0.25) is 4.79 Å². The molecule has 1 aromatic heterocycles. The molecule has 4 heteroatoms. The SMILES string of the molecule is [2H]c1c([2H])c([2H])c(C[C@@H]2C[C@H](c3cc(=O)[nH]o3)CCN2C)c([2H])c1[2H]. The third-order valence-corrected chi connectivity index (χ3v) is 3.95. The average molecular weight is 277 g/mol. The van der Waals surface area contributed by atoms with Crippen LogP contribution in [0.4, 0.5) is 0 Å². The van der Waals surface area contributed by atoms with Crippen molar-refractivity contribution in [1.82, 2.24) is 10.1 Å². The van der Waals surface area contributed by atoms with Gasteiger partial charge in [-0.2, -0.15) is 5.16 Å². The van der Waals surface area contributed by atoms with Crippen molar-refractivity contribution >= 4 is 0 Å². The summed E-state index contributed by atoms with van der Waals surface area (Å²) < 4.78 is 44.7. The number of aromatic amines is 1. The van der Waals surface area contributed by atoms with Crippen LogP contribution in [0.3, 0.4) is 0 Å². The number of likely N-dealkylation sites (N-methyl/N-ethyl adjacent to an activating group) is 1. The van der Waals surface area contributed by atoms with E-state index in [9.17, 15) is 4.79 Å². The van der Waals surface area contributed by atoms with Gasteiger partial charge in [0.15, 0.2) is 0 Å². The fourth-order valence-corrected chi connectivity index (χ4v) is 2.78. The minimum absolute atomic E-state index is 0.00235. The van der Waals surface area contributed by atoms with Crippen molar-refractivity contribution in [2.24, 2.45) is 0 Å². The number of nitrogens with zero attached hydrogens (tertiary/aromatic N) is 1. The minimum atomic E-state index is -0.372. The maximum absolute atomic E-state index is 11.3. The molecule has 0 aliphatic carbocycles. The number of rotatable bonds is 3. The Morgan fingerprint density at radius 1 is 1.45 bits per heavy atom. The smallest absolute Gasteiger partial charge is 0.280 e. The van der Waals surface area contributed by atoms with Crippen molar-refractivity contribution in [3.8, 4) is 0 Å². The molecule has 0 radical (unpaired) electrons. The number of hydrogen-bond acceptors (Lipinski definition) is 3. The fraction of sp³-hybridized carbons (Fsp3) is 0.438. The van der Waals surface area contributed by atoms with Crippen LogP contribution in [0.1, 0.15) is 36.9 Å². The lowest BCUT2D eigenvalue weighted by Crippen LogP contribution is -2.40. The lowest BCUT2D eigenvalue weighted by molar-refractivity contribution is 0.155. The van der Waals surface area contributed by atoms with E-state index in [0.717, 1.165) is 13.0 Å². The van der Waals surface area contributed by atoms with E-state index in [-0.39, 0.29) is 47.7 Å². The van der Waals surface area contributed by atoms with Crippen LogP contribution >= 0.6 is 0 Å². The molecule has 106 valence electrons. The summed E-state index contributed by atoms with van der Waals surface area (Å²) in [5.41, 5.74) is 0.0649. The van der Waals surface area contributed by atoms with Gasteiger partial charge in [0.2, 0.25) is 0 Å². The first-order valence-corrected chi connectivity index (χ1v) is 6.74. The van der Waals surface area contributed by atoms with Gasteiger partial charge in [-0.1, -0.05) is 30.2 Å². The summed E-state index contributed by atoms with van der Waals surface area (Å²) in [5.74, 6) is 0.689. The first kappa shape index (κ1) is 8.47. The maximum atomic E-state index is 11.3. The Morgan fingerprint density at radius 3 is 2.95 bits per heavy atom. The summed E-state index contributed by atoms with van der Waals surface area (Å²) in [5, 5.41) is 2.31. The minimum Gasteiger partial charge on any atom is -0.383 e. The van der Waals surface area contributed by atoms with E-state index in [2.05, 4.69) is 10.1 Å². The molecule has 1 aliphatic rings. The quantitative estimate of drug-likeness (QED) is 0.937. The van der Waals surface area contributed by atoms with Crippen LogP contribution in [0.25, 0.3) is 0 Å². The molecule has 1 N–H and O–H groups in total. The highest BCUT2D eigenvalue weighted by atomic mass is 16.5. The molecule has 0 bridgehead atoms. The molecule has 1 saturated heterocycles. The van der Waals surface area contributed by atoms with Crippen LogP contribution < -0.4 is 5.56 Å². The van der Waals surface area contributed by atoms with Gasteiger partial charge in [-0.05, 0) is 38.4 Å². The standard InChI is InChI=1S/C16H20N2O2/c1-18-8-7-13(15-11-16(19)17-20-15)10-14(18)9-12-5-3-2-4-6-12/h2-6,11,13-14H,7-10H2,1H3,(H,17,19)/t13-,14-/m1/s1/i2D,3D,4D,5D,6D. The number of H-pyrrole nitrogens is 1. The Hall–Kier alpha value is -1.81. The zero-order valence-corrected chi connectivity index (χ0v) is 11.3. The second-order valence-electron chi connectivity index (χ2n) is 5.28. The van der Waals surface area contributed by atoms with E-state index in [0.29, 0.717) is 24.2 Å². The van der Waals surface area contributed by atoms with Gasteiger partial charge >= 0.3 is 0 Å². The molecule has 20 heavy (non-hydrogen) atoms. The van der Waals surface area contributed by atoms with Gasteiger partial charge in [0.1, 0.15) is 5.76 Å². The lowest BCUT2D eigenvalue weighted by atomic mass is 9.86. The van der Waals surface area contributed by atoms with Crippen molar-refractivity contribution in [3.63, 3.8) is 0 Å². The van der Waals surface area contributed by atoms with Crippen LogP contribution in [-0.2, 0) is 6.42 Å². The lowest BCUT2D eigenvalue weighted by Gasteiger charge is -2.36. The highest BCUT2D eigenvalue weighted by molar-refractivity contribution is 5.17. The van der Waals surface area contributed by atoms with Crippen LogP contribution in [0.2, 0.25) is 0 Å². The average Bonchev–Trinajstić information content (AvgIpc) is 3.03. The third-order valence-electron chi connectivity index (χ3n) is 3.95. The first-order valence-electron chi connectivity index (χ1n) is 9.24. The van der Waals surface area contributed by atoms with Crippen LogP contribution in [0.5, 0.6) is 0 Å². The molecule has 2 atom stereocenters. The first-order chi connectivity index (χ1) is 11.8. The van der Waals surface area contributed by atoms with E-state index in [1.807, 2.05) is 7.05 Å². The van der Waals surface area contributed by atoms with E-state index in [1.165, 1.54) is 6.07 Å². The number of aromatic nitrogens is 1. The van der Waals surface area contributed by atoms with Gasteiger partial charge in [0.05, 0.1) is 6.85 Å². The van der Waals surface area contributed by atoms with Crippen molar-refractivity contribution in [3.05, 3.63) is 58.0 Å². The summed E-state index contributed by atoms with van der Waals surface area (Å²) >= 11 is 0. The van der Waals surface area contributed by atoms with Crippen molar-refractivity contribution in [2.45, 2.75) is 31.2 Å². The summed E-state index contributed by atoms with van der Waals surface area (Å²) in [6.07, 6.45) is 1.89. The summed E-state index contributed by atoms with van der Waals surface area (Å²) in [6, 6.07) is 0.192. The Kier molecular flexibility index (Phi) is 2.40. The normalized spacial score (nSPS) is 27.4. The van der Waals surface area contributed by atoms with Crippen molar-refractivity contribution in [2.75, 3.05) is 13.6 Å². The van der Waals surface area contributed by atoms with E-state index in [4.69, 9.17) is 11.4 Å². The molecule has 1 aliphatic heterocycles. The Labute approximate surface area is 125 Å². The maximum Gasteiger partial charge on any atom is 0.280 e. The van der Waals surface area contributed by atoms with Gasteiger partial charge in [0.25, 0.3) is 5.56 Å². The monoisotopic (exact) mass is 277 g/mol. The van der Waals surface area contributed by atoms with Gasteiger partial charge in [0, 0.05) is 18.0 Å². The van der Waals surface area contributed by atoms with Crippen molar-refractivity contribution < 1.29 is 11.4 Å². The predicted molar refractivity (Wildman–Crippen MR) is 77.9 cm³/mol. The Morgan fingerprint density at radius 2 is 2.25 bits per heavy atom. The summed E-state index contributed by atoms with van der Waals surface area (Å²) in [7, 11) is 1.96. The van der Waals surface area contributed by atoms with E-state index < -0.39 is 0 Å². The second kappa shape index (κ2) is 5.67. The second-order valence-corrected chi connectivity index (χ2v) is 5.28. The summed E-state index contributed by atoms with van der Waals surface area (Å²) in [6.45, 7) is 0.781. The van der Waals surface area contributed by atoms with E-state index in [1.54, 1.807) is 0 Å². The van der Waals surface area contributed by atoms with Gasteiger partial charge in [-0.15, -0.1) is 0 Å². The topological polar surface area (TPSA) is 49.2 Å². The molecule has 2 aromatic rings. The molecule has 1 fully saturated rings.